The summed E-state index contributed by atoms with van der Waals surface area (Å²) in [6.45, 7) is 3.42. The van der Waals surface area contributed by atoms with Gasteiger partial charge in [-0.25, -0.2) is 4.79 Å². The molecule has 0 aromatic heterocycles. The zero-order valence-corrected chi connectivity index (χ0v) is 13.5. The molecule has 0 heterocycles. The van der Waals surface area contributed by atoms with Crippen molar-refractivity contribution in [1.82, 2.24) is 5.32 Å². The van der Waals surface area contributed by atoms with Crippen molar-refractivity contribution in [1.29, 1.82) is 0 Å². The summed E-state index contributed by atoms with van der Waals surface area (Å²) in [5.74, 6) is -0.628. The molecule has 23 heavy (non-hydrogen) atoms. The van der Waals surface area contributed by atoms with Gasteiger partial charge in [0, 0.05) is 18.8 Å². The number of nitro benzene ring substituents is 2. The van der Waals surface area contributed by atoms with Crippen LogP contribution >= 0.6 is 11.8 Å². The van der Waals surface area contributed by atoms with Crippen LogP contribution in [-0.4, -0.2) is 29.5 Å². The molecule has 0 atom stereocenters. The van der Waals surface area contributed by atoms with Gasteiger partial charge in [0.2, 0.25) is 0 Å². The van der Waals surface area contributed by atoms with Crippen molar-refractivity contribution in [2.45, 2.75) is 18.7 Å². The molecule has 0 aliphatic carbocycles. The minimum Gasteiger partial charge on any atom is -0.462 e. The molecule has 1 N–H and O–H groups in total. The molecule has 0 saturated carbocycles. The summed E-state index contributed by atoms with van der Waals surface area (Å²) in [6.07, 6.45) is 0. The lowest BCUT2D eigenvalue weighted by atomic mass is 10.3. The maximum absolute atomic E-state index is 12.0. The largest absolute Gasteiger partial charge is 0.462 e. The van der Waals surface area contributed by atoms with Crippen molar-refractivity contribution in [3.63, 3.8) is 0 Å². The van der Waals surface area contributed by atoms with E-state index in [0.717, 1.165) is 23.9 Å². The second-order valence-corrected chi connectivity index (χ2v) is 5.25. The van der Waals surface area contributed by atoms with Crippen LogP contribution in [0.25, 0.3) is 0 Å². The summed E-state index contributed by atoms with van der Waals surface area (Å²) in [6, 6.07) is 3.25. The smallest absolute Gasteiger partial charge is 0.346 e. The van der Waals surface area contributed by atoms with E-state index >= 15 is 0 Å². The highest BCUT2D eigenvalue weighted by Crippen LogP contribution is 2.37. The molecular formula is C13H15N3O6S. The number of hydrogen-bond acceptors (Lipinski definition) is 8. The third kappa shape index (κ3) is 4.68. The molecular weight excluding hydrogens is 326 g/mol. The lowest BCUT2D eigenvalue weighted by Gasteiger charge is -2.11. The van der Waals surface area contributed by atoms with Crippen molar-refractivity contribution >= 4 is 29.1 Å². The fourth-order valence-corrected chi connectivity index (χ4v) is 2.53. The Morgan fingerprint density at radius 1 is 1.30 bits per heavy atom. The van der Waals surface area contributed by atoms with Crippen LogP contribution in [0.3, 0.4) is 0 Å². The first-order chi connectivity index (χ1) is 10.8. The van der Waals surface area contributed by atoms with Gasteiger partial charge in [-0.05, 0) is 19.9 Å². The summed E-state index contributed by atoms with van der Waals surface area (Å²) >= 11 is 0.823. The molecule has 0 aliphatic rings. The topological polar surface area (TPSA) is 125 Å². The monoisotopic (exact) mass is 341 g/mol. The van der Waals surface area contributed by atoms with Crippen molar-refractivity contribution < 1.29 is 19.4 Å². The van der Waals surface area contributed by atoms with Gasteiger partial charge in [-0.15, -0.1) is 0 Å². The van der Waals surface area contributed by atoms with Crippen LogP contribution in [0.4, 0.5) is 11.4 Å². The molecule has 1 aromatic carbocycles. The number of non-ortho nitro benzene ring substituents is 1. The highest BCUT2D eigenvalue weighted by molar-refractivity contribution is 8.04. The first-order valence-corrected chi connectivity index (χ1v) is 7.29. The average Bonchev–Trinajstić information content (AvgIpc) is 2.51. The lowest BCUT2D eigenvalue weighted by Crippen LogP contribution is -2.13. The second-order valence-electron chi connectivity index (χ2n) is 4.19. The highest BCUT2D eigenvalue weighted by Gasteiger charge is 2.24. The molecule has 124 valence electrons. The Balaban J connectivity index is 3.31. The van der Waals surface area contributed by atoms with Crippen LogP contribution in [-0.2, 0) is 9.53 Å². The number of carbonyl (C=O) groups is 1. The van der Waals surface area contributed by atoms with Gasteiger partial charge in [0.1, 0.15) is 4.91 Å². The Bertz CT molecular complexity index is 674. The van der Waals surface area contributed by atoms with E-state index in [-0.39, 0.29) is 16.4 Å². The van der Waals surface area contributed by atoms with Crippen molar-refractivity contribution in [2.75, 3.05) is 13.7 Å². The minimum absolute atomic E-state index is 0.109. The van der Waals surface area contributed by atoms with E-state index in [9.17, 15) is 25.0 Å². The molecule has 1 aromatic rings. The predicted octanol–water partition coefficient (Wildman–Crippen LogP) is 2.61. The summed E-state index contributed by atoms with van der Waals surface area (Å²) in [7, 11) is 1.60. The SMILES string of the molecule is CCOC(=O)/C(Sc1ccc([N+](=O)[O-])cc1[N+](=O)[O-])=C(\C)NC. The molecule has 0 spiro atoms. The first-order valence-electron chi connectivity index (χ1n) is 6.48. The van der Waals surface area contributed by atoms with Gasteiger partial charge in [-0.2, -0.15) is 0 Å². The normalized spacial score (nSPS) is 11.4. The molecule has 1 rings (SSSR count). The number of carbonyl (C=O) groups excluding carboxylic acids is 1. The fourth-order valence-electron chi connectivity index (χ4n) is 1.54. The molecule has 0 unspecified atom stereocenters. The fraction of sp³-hybridized carbons (Fsp3) is 0.308. The van der Waals surface area contributed by atoms with Crippen LogP contribution in [0, 0.1) is 20.2 Å². The van der Waals surface area contributed by atoms with Gasteiger partial charge in [0.25, 0.3) is 11.4 Å². The standard InChI is InChI=1S/C13H15N3O6S/c1-4-22-13(17)12(8(2)14-3)23-11-6-5-9(15(18)19)7-10(11)16(20)21/h5-7,14H,4H2,1-3H3/b12-8-. The predicted molar refractivity (Wildman–Crippen MR) is 84.0 cm³/mol. The maximum atomic E-state index is 12.0. The summed E-state index contributed by atoms with van der Waals surface area (Å²) in [4.78, 5) is 32.7. The van der Waals surface area contributed by atoms with E-state index in [1.807, 2.05) is 0 Å². The Labute approximate surface area is 136 Å². The zero-order chi connectivity index (χ0) is 17.6. The number of benzene rings is 1. The van der Waals surface area contributed by atoms with E-state index in [2.05, 4.69) is 5.32 Å². The van der Waals surface area contributed by atoms with Gasteiger partial charge in [0.15, 0.2) is 0 Å². The zero-order valence-electron chi connectivity index (χ0n) is 12.7. The third-order valence-corrected chi connectivity index (χ3v) is 3.98. The van der Waals surface area contributed by atoms with Gasteiger partial charge in [-0.1, -0.05) is 11.8 Å². The van der Waals surface area contributed by atoms with Gasteiger partial charge >= 0.3 is 5.97 Å². The van der Waals surface area contributed by atoms with Crippen molar-refractivity contribution in [3.8, 4) is 0 Å². The number of nitrogens with one attached hydrogen (secondary N) is 1. The van der Waals surface area contributed by atoms with Gasteiger partial charge in [0.05, 0.1) is 27.4 Å². The van der Waals surface area contributed by atoms with Crippen LogP contribution < -0.4 is 5.32 Å². The van der Waals surface area contributed by atoms with Crippen LogP contribution in [0.5, 0.6) is 0 Å². The van der Waals surface area contributed by atoms with Gasteiger partial charge in [-0.3, -0.25) is 20.2 Å². The molecule has 0 radical (unpaired) electrons. The Hall–Kier alpha value is -2.62. The quantitative estimate of drug-likeness (QED) is 0.264. The summed E-state index contributed by atoms with van der Waals surface area (Å²) in [5, 5.41) is 24.7. The number of allylic oxidation sites excluding steroid dienone is 1. The van der Waals surface area contributed by atoms with Crippen LogP contribution in [0.15, 0.2) is 33.7 Å². The summed E-state index contributed by atoms with van der Waals surface area (Å²) < 4.78 is 4.93. The third-order valence-electron chi connectivity index (χ3n) is 2.74. The number of esters is 1. The number of thioether (sulfide) groups is 1. The number of hydrogen-bond donors (Lipinski definition) is 1. The minimum atomic E-state index is -0.729. The molecule has 0 bridgehead atoms. The van der Waals surface area contributed by atoms with Crippen LogP contribution in [0.1, 0.15) is 13.8 Å². The van der Waals surface area contributed by atoms with E-state index in [1.165, 1.54) is 6.07 Å². The number of nitrogens with zero attached hydrogens (tertiary/aromatic N) is 2. The molecule has 9 nitrogen and oxygen atoms in total. The van der Waals surface area contributed by atoms with E-state index < -0.39 is 27.2 Å². The van der Waals surface area contributed by atoms with Crippen molar-refractivity contribution in [3.05, 3.63) is 49.0 Å². The van der Waals surface area contributed by atoms with E-state index in [0.29, 0.717) is 5.70 Å². The second kappa shape index (κ2) is 8.13. The molecule has 0 amide bonds. The highest BCUT2D eigenvalue weighted by atomic mass is 32.2. The first kappa shape index (κ1) is 18.4. The Morgan fingerprint density at radius 2 is 1.96 bits per heavy atom. The number of rotatable bonds is 7. The van der Waals surface area contributed by atoms with Gasteiger partial charge < -0.3 is 10.1 Å². The number of ether oxygens (including phenoxy) is 1. The summed E-state index contributed by atoms with van der Waals surface area (Å²) in [5.41, 5.74) is -0.371. The van der Waals surface area contributed by atoms with E-state index in [1.54, 1.807) is 20.9 Å². The molecule has 0 aliphatic heterocycles. The average molecular weight is 341 g/mol. The molecule has 10 heteroatoms. The van der Waals surface area contributed by atoms with E-state index in [4.69, 9.17) is 4.74 Å². The van der Waals surface area contributed by atoms with Crippen molar-refractivity contribution in [2.24, 2.45) is 0 Å². The Kier molecular flexibility index (Phi) is 6.51. The molecule has 0 saturated heterocycles. The Morgan fingerprint density at radius 3 is 2.43 bits per heavy atom. The lowest BCUT2D eigenvalue weighted by molar-refractivity contribution is -0.396. The molecule has 0 fully saturated rings. The van der Waals surface area contributed by atoms with Crippen LogP contribution in [0.2, 0.25) is 0 Å². The maximum Gasteiger partial charge on any atom is 0.346 e. The number of nitro groups is 2.